The Morgan fingerprint density at radius 2 is 2.46 bits per heavy atom. The number of carbonyl (C=O) groups is 1. The van der Waals surface area contributed by atoms with E-state index in [0.29, 0.717) is 12.6 Å². The molecule has 0 saturated heterocycles. The van der Waals surface area contributed by atoms with Crippen molar-refractivity contribution in [2.24, 2.45) is 0 Å². The van der Waals surface area contributed by atoms with Crippen LogP contribution in [0.5, 0.6) is 0 Å². The lowest BCUT2D eigenvalue weighted by molar-refractivity contribution is 0.0689. The van der Waals surface area contributed by atoms with Crippen LogP contribution in [0, 0.1) is 0 Å². The van der Waals surface area contributed by atoms with Gasteiger partial charge in [-0.3, -0.25) is 5.10 Å². The number of aromatic carboxylic acids is 1. The highest BCUT2D eigenvalue weighted by Gasteiger charge is 2.23. The molecule has 5 nitrogen and oxygen atoms in total. The SMILES string of the molecule is C[C@@H]1Cc2n[nH]c(C(=O)O)c2CN1. The summed E-state index contributed by atoms with van der Waals surface area (Å²) in [6, 6.07) is 0.373. The van der Waals surface area contributed by atoms with E-state index in [1.807, 2.05) is 0 Å². The van der Waals surface area contributed by atoms with Crippen LogP contribution in [0.25, 0.3) is 0 Å². The van der Waals surface area contributed by atoms with E-state index in [-0.39, 0.29) is 5.69 Å². The van der Waals surface area contributed by atoms with Crippen LogP contribution in [0.15, 0.2) is 0 Å². The first-order valence-electron chi connectivity index (χ1n) is 4.21. The molecule has 0 fully saturated rings. The van der Waals surface area contributed by atoms with E-state index in [0.717, 1.165) is 17.7 Å². The molecule has 13 heavy (non-hydrogen) atoms. The number of rotatable bonds is 1. The van der Waals surface area contributed by atoms with Gasteiger partial charge in [-0.1, -0.05) is 0 Å². The van der Waals surface area contributed by atoms with Gasteiger partial charge in [-0.2, -0.15) is 5.10 Å². The van der Waals surface area contributed by atoms with Crippen LogP contribution < -0.4 is 5.32 Å². The smallest absolute Gasteiger partial charge is 0.354 e. The first-order valence-corrected chi connectivity index (χ1v) is 4.21. The van der Waals surface area contributed by atoms with Crippen molar-refractivity contribution in [2.45, 2.75) is 25.9 Å². The first kappa shape index (κ1) is 8.25. The van der Waals surface area contributed by atoms with Crippen molar-refractivity contribution < 1.29 is 9.90 Å². The van der Waals surface area contributed by atoms with Gasteiger partial charge in [0.25, 0.3) is 0 Å². The molecule has 1 atom stereocenters. The van der Waals surface area contributed by atoms with Crippen LogP contribution in [0.2, 0.25) is 0 Å². The van der Waals surface area contributed by atoms with Gasteiger partial charge in [-0.05, 0) is 6.92 Å². The van der Waals surface area contributed by atoms with Gasteiger partial charge in [0.1, 0.15) is 5.69 Å². The largest absolute Gasteiger partial charge is 0.477 e. The molecule has 3 N–H and O–H groups in total. The second kappa shape index (κ2) is 2.85. The van der Waals surface area contributed by atoms with Crippen LogP contribution in [0.4, 0.5) is 0 Å². The number of aromatic amines is 1. The van der Waals surface area contributed by atoms with E-state index in [9.17, 15) is 4.79 Å². The molecular weight excluding hydrogens is 170 g/mol. The maximum Gasteiger partial charge on any atom is 0.354 e. The van der Waals surface area contributed by atoms with Crippen molar-refractivity contribution in [3.8, 4) is 0 Å². The van der Waals surface area contributed by atoms with Gasteiger partial charge in [-0.25, -0.2) is 4.79 Å². The Bertz CT molecular complexity index is 345. The van der Waals surface area contributed by atoms with Gasteiger partial charge in [0.05, 0.1) is 5.69 Å². The van der Waals surface area contributed by atoms with Crippen LogP contribution in [-0.4, -0.2) is 27.3 Å². The zero-order valence-corrected chi connectivity index (χ0v) is 7.29. The van der Waals surface area contributed by atoms with Gasteiger partial charge in [0.15, 0.2) is 0 Å². The zero-order chi connectivity index (χ0) is 9.42. The minimum atomic E-state index is -0.940. The molecule has 0 amide bonds. The standard InChI is InChI=1S/C8H11N3O2/c1-4-2-6-5(3-9-4)7(8(12)13)11-10-6/h4,9H,2-3H2,1H3,(H,10,11)(H,12,13)/t4-/m1/s1. The molecule has 0 radical (unpaired) electrons. The number of nitrogens with zero attached hydrogens (tertiary/aromatic N) is 1. The Morgan fingerprint density at radius 1 is 1.69 bits per heavy atom. The quantitative estimate of drug-likeness (QED) is 0.576. The Kier molecular flexibility index (Phi) is 1.81. The average Bonchev–Trinajstić information content (AvgIpc) is 2.46. The molecule has 5 heteroatoms. The van der Waals surface area contributed by atoms with Crippen molar-refractivity contribution in [2.75, 3.05) is 0 Å². The van der Waals surface area contributed by atoms with Crippen LogP contribution in [0.1, 0.15) is 28.7 Å². The minimum absolute atomic E-state index is 0.217. The molecule has 1 aliphatic heterocycles. The lowest BCUT2D eigenvalue weighted by atomic mass is 10.0. The highest BCUT2D eigenvalue weighted by Crippen LogP contribution is 2.17. The Morgan fingerprint density at radius 3 is 3.15 bits per heavy atom. The Hall–Kier alpha value is -1.36. The predicted molar refractivity (Wildman–Crippen MR) is 45.6 cm³/mol. The second-order valence-electron chi connectivity index (χ2n) is 3.32. The maximum atomic E-state index is 10.7. The third kappa shape index (κ3) is 1.31. The predicted octanol–water partition coefficient (Wildman–Crippen LogP) is 0.142. The highest BCUT2D eigenvalue weighted by atomic mass is 16.4. The van der Waals surface area contributed by atoms with E-state index in [2.05, 4.69) is 22.4 Å². The number of H-pyrrole nitrogens is 1. The van der Waals surface area contributed by atoms with E-state index in [1.54, 1.807) is 0 Å². The molecule has 0 aliphatic carbocycles. The topological polar surface area (TPSA) is 78.0 Å². The summed E-state index contributed by atoms with van der Waals surface area (Å²) in [5.41, 5.74) is 1.89. The van der Waals surface area contributed by atoms with E-state index in [4.69, 9.17) is 5.11 Å². The molecule has 0 unspecified atom stereocenters. The van der Waals surface area contributed by atoms with E-state index < -0.39 is 5.97 Å². The Labute approximate surface area is 75.2 Å². The number of hydrogen-bond acceptors (Lipinski definition) is 3. The molecule has 1 aromatic heterocycles. The fraction of sp³-hybridized carbons (Fsp3) is 0.500. The van der Waals surface area contributed by atoms with Gasteiger partial charge in [0, 0.05) is 24.6 Å². The number of aromatic nitrogens is 2. The Balaban J connectivity index is 2.39. The summed E-state index contributed by atoms with van der Waals surface area (Å²) in [5, 5.41) is 18.5. The van der Waals surface area contributed by atoms with E-state index in [1.165, 1.54) is 0 Å². The molecule has 0 saturated carbocycles. The number of nitrogens with one attached hydrogen (secondary N) is 2. The van der Waals surface area contributed by atoms with E-state index >= 15 is 0 Å². The number of carboxylic acid groups (broad SMARTS) is 1. The van der Waals surface area contributed by atoms with Gasteiger partial charge >= 0.3 is 5.97 Å². The third-order valence-corrected chi connectivity index (χ3v) is 2.29. The summed E-state index contributed by atoms with van der Waals surface area (Å²) in [6.45, 7) is 2.65. The number of fused-ring (bicyclic) bond motifs is 1. The molecule has 70 valence electrons. The van der Waals surface area contributed by atoms with Crippen LogP contribution >= 0.6 is 0 Å². The molecule has 2 rings (SSSR count). The lowest BCUT2D eigenvalue weighted by Gasteiger charge is -2.18. The molecule has 0 aromatic carbocycles. The monoisotopic (exact) mass is 181 g/mol. The highest BCUT2D eigenvalue weighted by molar-refractivity contribution is 5.87. The second-order valence-corrected chi connectivity index (χ2v) is 3.32. The molecule has 1 aliphatic rings. The molecule has 2 heterocycles. The van der Waals surface area contributed by atoms with Crippen molar-refractivity contribution in [3.63, 3.8) is 0 Å². The van der Waals surface area contributed by atoms with Crippen LogP contribution in [0.3, 0.4) is 0 Å². The minimum Gasteiger partial charge on any atom is -0.477 e. The lowest BCUT2D eigenvalue weighted by Crippen LogP contribution is -2.33. The van der Waals surface area contributed by atoms with Gasteiger partial charge in [-0.15, -0.1) is 0 Å². The van der Waals surface area contributed by atoms with Gasteiger partial charge in [0.2, 0.25) is 0 Å². The van der Waals surface area contributed by atoms with Crippen molar-refractivity contribution in [1.29, 1.82) is 0 Å². The van der Waals surface area contributed by atoms with Crippen molar-refractivity contribution >= 4 is 5.97 Å². The number of carboxylic acids is 1. The zero-order valence-electron chi connectivity index (χ0n) is 7.29. The molecule has 0 bridgehead atoms. The third-order valence-electron chi connectivity index (χ3n) is 2.29. The fourth-order valence-electron chi connectivity index (χ4n) is 1.58. The normalized spacial score (nSPS) is 21.2. The van der Waals surface area contributed by atoms with Crippen molar-refractivity contribution in [3.05, 3.63) is 17.0 Å². The molecule has 1 aromatic rings. The van der Waals surface area contributed by atoms with Crippen LogP contribution in [-0.2, 0) is 13.0 Å². The van der Waals surface area contributed by atoms with Gasteiger partial charge < -0.3 is 10.4 Å². The average molecular weight is 181 g/mol. The number of hydrogen-bond donors (Lipinski definition) is 3. The fourth-order valence-corrected chi connectivity index (χ4v) is 1.58. The molecule has 0 spiro atoms. The summed E-state index contributed by atoms with van der Waals surface area (Å²) in [5.74, 6) is -0.940. The summed E-state index contributed by atoms with van der Waals surface area (Å²) < 4.78 is 0. The maximum absolute atomic E-state index is 10.7. The summed E-state index contributed by atoms with van der Waals surface area (Å²) >= 11 is 0. The summed E-state index contributed by atoms with van der Waals surface area (Å²) in [7, 11) is 0. The van der Waals surface area contributed by atoms with Crippen molar-refractivity contribution in [1.82, 2.24) is 15.5 Å². The summed E-state index contributed by atoms with van der Waals surface area (Å²) in [6.07, 6.45) is 0.791. The first-order chi connectivity index (χ1) is 6.18. The summed E-state index contributed by atoms with van der Waals surface area (Å²) in [4.78, 5) is 10.7. The molecular formula is C8H11N3O2.